The largest absolute Gasteiger partial charge is 0.392 e. The number of benzene rings is 2. The Hall–Kier alpha value is -2.67. The van der Waals surface area contributed by atoms with E-state index in [1.165, 1.54) is 18.2 Å². The van der Waals surface area contributed by atoms with E-state index < -0.39 is 4.92 Å². The molecule has 2 N–H and O–H groups in total. The van der Waals surface area contributed by atoms with Crippen LogP contribution in [0.4, 0.5) is 21.5 Å². The van der Waals surface area contributed by atoms with Gasteiger partial charge in [-0.25, -0.2) is 4.39 Å². The van der Waals surface area contributed by atoms with E-state index in [9.17, 15) is 19.6 Å². The predicted octanol–water partition coefficient (Wildman–Crippen LogP) is 3.31. The van der Waals surface area contributed by atoms with E-state index in [1.54, 1.807) is 24.3 Å². The van der Waals surface area contributed by atoms with Crippen LogP contribution in [0.3, 0.4) is 0 Å². The Morgan fingerprint density at radius 1 is 1.32 bits per heavy atom. The van der Waals surface area contributed by atoms with E-state index in [1.807, 2.05) is 4.90 Å². The molecule has 1 aliphatic heterocycles. The smallest absolute Gasteiger partial charge is 0.292 e. The predicted molar refractivity (Wildman–Crippen MR) is 94.3 cm³/mol. The number of aliphatic hydroxyl groups is 1. The minimum atomic E-state index is -0.444. The topological polar surface area (TPSA) is 78.6 Å². The summed E-state index contributed by atoms with van der Waals surface area (Å²) in [5, 5.41) is 23.7. The van der Waals surface area contributed by atoms with E-state index >= 15 is 0 Å². The highest BCUT2D eigenvalue weighted by molar-refractivity contribution is 5.63. The normalized spacial score (nSPS) is 17.4. The van der Waals surface area contributed by atoms with Gasteiger partial charge in [0.25, 0.3) is 5.69 Å². The number of rotatable bonds is 5. The molecule has 1 atom stereocenters. The molecule has 1 fully saturated rings. The van der Waals surface area contributed by atoms with Crippen molar-refractivity contribution in [3.8, 4) is 0 Å². The number of nitro benzene ring substituents is 1. The van der Waals surface area contributed by atoms with Crippen LogP contribution < -0.4 is 10.2 Å². The lowest BCUT2D eigenvalue weighted by Gasteiger charge is -2.35. The average molecular weight is 345 g/mol. The molecule has 1 aliphatic rings. The maximum atomic E-state index is 14.0. The van der Waals surface area contributed by atoms with Crippen molar-refractivity contribution in [2.75, 3.05) is 23.3 Å². The minimum absolute atomic E-state index is 0.0276. The zero-order valence-corrected chi connectivity index (χ0v) is 13.7. The molecular weight excluding hydrogens is 325 g/mol. The maximum absolute atomic E-state index is 14.0. The van der Waals surface area contributed by atoms with Gasteiger partial charge >= 0.3 is 0 Å². The van der Waals surface area contributed by atoms with Gasteiger partial charge in [-0.15, -0.1) is 0 Å². The lowest BCUT2D eigenvalue weighted by molar-refractivity contribution is -0.384. The third-order valence-corrected chi connectivity index (χ3v) is 4.41. The molecule has 7 heteroatoms. The van der Waals surface area contributed by atoms with Crippen molar-refractivity contribution in [3.05, 3.63) is 64.0 Å². The Balaban J connectivity index is 1.79. The number of aliphatic hydroxyl groups excluding tert-OH is 1. The van der Waals surface area contributed by atoms with Crippen molar-refractivity contribution >= 4 is 17.1 Å². The van der Waals surface area contributed by atoms with Crippen LogP contribution in [0, 0.1) is 15.9 Å². The highest BCUT2D eigenvalue weighted by atomic mass is 19.1. The second-order valence-electron chi connectivity index (χ2n) is 6.15. The molecule has 3 rings (SSSR count). The first kappa shape index (κ1) is 17.2. The molecule has 0 aliphatic carbocycles. The summed E-state index contributed by atoms with van der Waals surface area (Å²) < 4.78 is 14.0. The zero-order chi connectivity index (χ0) is 17.8. The van der Waals surface area contributed by atoms with Crippen LogP contribution in [0.2, 0.25) is 0 Å². The Bertz CT molecular complexity index is 769. The molecule has 1 unspecified atom stereocenters. The number of hydrogen-bond donors (Lipinski definition) is 2. The van der Waals surface area contributed by atoms with Gasteiger partial charge in [0.2, 0.25) is 0 Å². The van der Waals surface area contributed by atoms with Gasteiger partial charge in [-0.3, -0.25) is 10.1 Å². The Morgan fingerprint density at radius 2 is 2.12 bits per heavy atom. The number of para-hydroxylation sites is 1. The summed E-state index contributed by atoms with van der Waals surface area (Å²) in [5.41, 5.74) is 1.51. The average Bonchev–Trinajstić information content (AvgIpc) is 2.62. The summed E-state index contributed by atoms with van der Waals surface area (Å²) in [6.45, 7) is 1.12. The highest BCUT2D eigenvalue weighted by Crippen LogP contribution is 2.29. The number of nitro groups is 1. The van der Waals surface area contributed by atoms with Gasteiger partial charge in [0, 0.05) is 25.2 Å². The second kappa shape index (κ2) is 7.48. The molecule has 25 heavy (non-hydrogen) atoms. The van der Waals surface area contributed by atoms with Gasteiger partial charge in [-0.1, -0.05) is 12.1 Å². The second-order valence-corrected chi connectivity index (χ2v) is 6.15. The van der Waals surface area contributed by atoms with Crippen molar-refractivity contribution in [1.29, 1.82) is 0 Å². The quantitative estimate of drug-likeness (QED) is 0.642. The van der Waals surface area contributed by atoms with Crippen LogP contribution >= 0.6 is 0 Å². The SMILES string of the molecule is O=[N+]([O-])c1ccc(CO)cc1NC1CCCN(c2ccccc2F)C1. The van der Waals surface area contributed by atoms with Crippen LogP contribution in [-0.2, 0) is 6.61 Å². The van der Waals surface area contributed by atoms with Gasteiger partial charge < -0.3 is 15.3 Å². The van der Waals surface area contributed by atoms with Gasteiger partial charge in [0.1, 0.15) is 11.5 Å². The van der Waals surface area contributed by atoms with Gasteiger partial charge in [0.15, 0.2) is 0 Å². The van der Waals surface area contributed by atoms with Crippen LogP contribution in [-0.4, -0.2) is 29.2 Å². The number of anilines is 2. The third kappa shape index (κ3) is 3.88. The van der Waals surface area contributed by atoms with Gasteiger partial charge in [-0.05, 0) is 42.7 Å². The van der Waals surface area contributed by atoms with E-state index in [-0.39, 0.29) is 24.2 Å². The molecule has 0 bridgehead atoms. The molecule has 1 saturated heterocycles. The first-order valence-electron chi connectivity index (χ1n) is 8.22. The van der Waals surface area contributed by atoms with Crippen molar-refractivity contribution in [3.63, 3.8) is 0 Å². The molecule has 0 radical (unpaired) electrons. The standard InChI is InChI=1S/C18H20FN3O3/c19-15-5-1-2-6-17(15)21-9-3-4-14(11-21)20-16-10-13(12-23)7-8-18(16)22(24)25/h1-2,5-8,10,14,20,23H,3-4,9,11-12H2. The van der Waals surface area contributed by atoms with Crippen LogP contribution in [0.25, 0.3) is 0 Å². The van der Waals surface area contributed by atoms with Crippen LogP contribution in [0.15, 0.2) is 42.5 Å². The molecule has 6 nitrogen and oxygen atoms in total. The highest BCUT2D eigenvalue weighted by Gasteiger charge is 2.24. The van der Waals surface area contributed by atoms with Crippen molar-refractivity contribution in [1.82, 2.24) is 0 Å². The Morgan fingerprint density at radius 3 is 2.84 bits per heavy atom. The number of nitrogens with zero attached hydrogens (tertiary/aromatic N) is 2. The van der Waals surface area contributed by atoms with E-state index in [4.69, 9.17) is 0 Å². The lowest BCUT2D eigenvalue weighted by Crippen LogP contribution is -2.42. The Kier molecular flexibility index (Phi) is 5.14. The van der Waals surface area contributed by atoms with Crippen molar-refractivity contribution in [2.24, 2.45) is 0 Å². The molecular formula is C18H20FN3O3. The van der Waals surface area contributed by atoms with Crippen molar-refractivity contribution < 1.29 is 14.4 Å². The van der Waals surface area contributed by atoms with Crippen LogP contribution in [0.1, 0.15) is 18.4 Å². The number of nitrogens with one attached hydrogen (secondary N) is 1. The zero-order valence-electron chi connectivity index (χ0n) is 13.7. The summed E-state index contributed by atoms with van der Waals surface area (Å²) in [5.74, 6) is -0.267. The monoisotopic (exact) mass is 345 g/mol. The van der Waals surface area contributed by atoms with E-state index in [2.05, 4.69) is 5.32 Å². The first-order valence-corrected chi connectivity index (χ1v) is 8.22. The van der Waals surface area contributed by atoms with Crippen LogP contribution in [0.5, 0.6) is 0 Å². The Labute approximate surface area is 145 Å². The fourth-order valence-corrected chi connectivity index (χ4v) is 3.20. The molecule has 0 saturated carbocycles. The minimum Gasteiger partial charge on any atom is -0.392 e. The van der Waals surface area contributed by atoms with E-state index in [0.29, 0.717) is 23.5 Å². The van der Waals surface area contributed by atoms with E-state index in [0.717, 1.165) is 19.4 Å². The van der Waals surface area contributed by atoms with Crippen molar-refractivity contribution in [2.45, 2.75) is 25.5 Å². The molecule has 2 aromatic rings. The lowest BCUT2D eigenvalue weighted by atomic mass is 10.0. The summed E-state index contributed by atoms with van der Waals surface area (Å²) in [7, 11) is 0. The molecule has 1 heterocycles. The maximum Gasteiger partial charge on any atom is 0.292 e. The summed E-state index contributed by atoms with van der Waals surface area (Å²) in [6, 6.07) is 11.1. The molecule has 0 spiro atoms. The number of halogens is 1. The summed E-state index contributed by atoms with van der Waals surface area (Å²) in [6.07, 6.45) is 1.70. The summed E-state index contributed by atoms with van der Waals surface area (Å²) in [4.78, 5) is 12.7. The molecule has 0 amide bonds. The molecule has 2 aromatic carbocycles. The molecule has 0 aromatic heterocycles. The third-order valence-electron chi connectivity index (χ3n) is 4.41. The summed E-state index contributed by atoms with van der Waals surface area (Å²) >= 11 is 0. The fourth-order valence-electron chi connectivity index (χ4n) is 3.20. The first-order chi connectivity index (χ1) is 12.1. The number of piperidine rings is 1. The van der Waals surface area contributed by atoms with Gasteiger partial charge in [-0.2, -0.15) is 0 Å². The van der Waals surface area contributed by atoms with Gasteiger partial charge in [0.05, 0.1) is 17.2 Å². The fraction of sp³-hybridized carbons (Fsp3) is 0.333. The molecule has 132 valence electrons. The number of hydrogen-bond acceptors (Lipinski definition) is 5.